The molecule has 0 aliphatic carbocycles. The molecule has 1 heterocycles. The zero-order chi connectivity index (χ0) is 25.3. The summed E-state index contributed by atoms with van der Waals surface area (Å²) in [5.74, 6) is -3.68. The summed E-state index contributed by atoms with van der Waals surface area (Å²) in [5, 5.41) is 11.3. The summed E-state index contributed by atoms with van der Waals surface area (Å²) in [6.45, 7) is 6.28. The number of halogens is 2. The van der Waals surface area contributed by atoms with Crippen LogP contribution in [0.5, 0.6) is 5.75 Å². The maximum absolute atomic E-state index is 14.1. The Labute approximate surface area is 202 Å². The second-order valence-electron chi connectivity index (χ2n) is 8.86. The lowest BCUT2D eigenvalue weighted by Crippen LogP contribution is -2.30. The number of ether oxygens (including phenoxy) is 1. The molecule has 1 amide bonds. The Morgan fingerprint density at radius 1 is 1.00 bits per heavy atom. The summed E-state index contributed by atoms with van der Waals surface area (Å²) < 4.78 is 33.4. The van der Waals surface area contributed by atoms with Gasteiger partial charge in [0.25, 0.3) is 11.7 Å². The van der Waals surface area contributed by atoms with Crippen LogP contribution >= 0.6 is 0 Å². The van der Waals surface area contributed by atoms with Gasteiger partial charge in [0.15, 0.2) is 11.6 Å². The number of aliphatic hydroxyl groups is 1. The number of aryl methyl sites for hydroxylation is 1. The van der Waals surface area contributed by atoms with E-state index in [1.807, 2.05) is 13.8 Å². The largest absolute Gasteiger partial charge is 0.507 e. The van der Waals surface area contributed by atoms with E-state index in [4.69, 9.17) is 4.74 Å². The maximum atomic E-state index is 14.1. The molecular formula is C28H25F2NO4. The number of rotatable bonds is 6. The zero-order valence-electron chi connectivity index (χ0n) is 19.6. The van der Waals surface area contributed by atoms with E-state index in [2.05, 4.69) is 0 Å². The van der Waals surface area contributed by atoms with Gasteiger partial charge in [-0.15, -0.1) is 0 Å². The molecule has 3 aromatic rings. The molecule has 4 rings (SSSR count). The average Bonchev–Trinajstić information content (AvgIpc) is 3.10. The van der Waals surface area contributed by atoms with Crippen LogP contribution < -0.4 is 9.64 Å². The molecule has 7 heteroatoms. The topological polar surface area (TPSA) is 66.8 Å². The number of Topliss-reactive ketones (excluding diaryl/α,β-unsaturated/α-hetero) is 1. The first-order valence-corrected chi connectivity index (χ1v) is 11.2. The molecule has 1 atom stereocenters. The lowest BCUT2D eigenvalue weighted by atomic mass is 9.92. The molecule has 1 fully saturated rings. The molecule has 180 valence electrons. The second kappa shape index (κ2) is 9.70. The molecule has 0 bridgehead atoms. The van der Waals surface area contributed by atoms with Crippen molar-refractivity contribution >= 4 is 23.1 Å². The van der Waals surface area contributed by atoms with E-state index >= 15 is 0 Å². The molecule has 0 saturated carbocycles. The van der Waals surface area contributed by atoms with E-state index < -0.39 is 29.4 Å². The molecule has 1 N–H and O–H groups in total. The van der Waals surface area contributed by atoms with Crippen molar-refractivity contribution in [3.8, 4) is 5.75 Å². The second-order valence-corrected chi connectivity index (χ2v) is 8.86. The smallest absolute Gasteiger partial charge is 0.300 e. The molecule has 1 saturated heterocycles. The predicted octanol–water partition coefficient (Wildman–Crippen LogP) is 5.93. The highest BCUT2D eigenvalue weighted by molar-refractivity contribution is 6.51. The van der Waals surface area contributed by atoms with Gasteiger partial charge in [-0.05, 0) is 48.2 Å². The number of aliphatic hydroxyl groups excluding tert-OH is 1. The van der Waals surface area contributed by atoms with Crippen LogP contribution in [0.2, 0.25) is 0 Å². The Hall–Kier alpha value is -4.00. The number of benzene rings is 3. The normalized spacial score (nSPS) is 17.3. The van der Waals surface area contributed by atoms with Crippen LogP contribution in [0.25, 0.3) is 5.76 Å². The fraction of sp³-hybridized carbons (Fsp3) is 0.214. The molecule has 0 aromatic heterocycles. The van der Waals surface area contributed by atoms with Crippen molar-refractivity contribution < 1.29 is 28.2 Å². The minimum atomic E-state index is -1.15. The first-order chi connectivity index (χ1) is 16.7. The van der Waals surface area contributed by atoms with Crippen molar-refractivity contribution in [1.82, 2.24) is 0 Å². The van der Waals surface area contributed by atoms with Crippen molar-refractivity contribution in [2.24, 2.45) is 5.92 Å². The summed E-state index contributed by atoms with van der Waals surface area (Å²) in [5.41, 5.74) is 1.49. The SMILES string of the molecule is Cc1ccccc1C1/C(=C(\O)c2cccc(OCC(C)C)c2)C(=O)C(=O)N1c1ccc(F)c(F)c1. The number of carbonyl (C=O) groups is 2. The average molecular weight is 478 g/mol. The summed E-state index contributed by atoms with van der Waals surface area (Å²) in [7, 11) is 0. The van der Waals surface area contributed by atoms with Crippen LogP contribution in [0.3, 0.4) is 0 Å². The van der Waals surface area contributed by atoms with Crippen molar-refractivity contribution in [3.05, 3.63) is 101 Å². The van der Waals surface area contributed by atoms with E-state index in [-0.39, 0.29) is 22.9 Å². The molecule has 1 unspecified atom stereocenters. The molecule has 0 spiro atoms. The van der Waals surface area contributed by atoms with Gasteiger partial charge in [-0.3, -0.25) is 14.5 Å². The van der Waals surface area contributed by atoms with Crippen molar-refractivity contribution in [2.45, 2.75) is 26.8 Å². The van der Waals surface area contributed by atoms with Crippen LogP contribution in [0, 0.1) is 24.5 Å². The number of carbonyl (C=O) groups excluding carboxylic acids is 2. The van der Waals surface area contributed by atoms with Crippen LogP contribution in [-0.2, 0) is 9.59 Å². The van der Waals surface area contributed by atoms with Gasteiger partial charge in [0.1, 0.15) is 11.5 Å². The van der Waals surface area contributed by atoms with Gasteiger partial charge in [0, 0.05) is 17.3 Å². The molecule has 0 radical (unpaired) electrons. The van der Waals surface area contributed by atoms with Crippen LogP contribution in [0.15, 0.2) is 72.3 Å². The number of ketones is 1. The van der Waals surface area contributed by atoms with Gasteiger partial charge in [-0.1, -0.05) is 50.2 Å². The van der Waals surface area contributed by atoms with Crippen LogP contribution in [0.1, 0.15) is 36.6 Å². The number of amides is 1. The number of anilines is 1. The zero-order valence-corrected chi connectivity index (χ0v) is 19.6. The van der Waals surface area contributed by atoms with Gasteiger partial charge >= 0.3 is 0 Å². The van der Waals surface area contributed by atoms with E-state index in [0.717, 1.165) is 22.6 Å². The van der Waals surface area contributed by atoms with Crippen LogP contribution in [0.4, 0.5) is 14.5 Å². The van der Waals surface area contributed by atoms with Gasteiger partial charge in [-0.25, -0.2) is 8.78 Å². The van der Waals surface area contributed by atoms with E-state index in [1.165, 1.54) is 6.07 Å². The fourth-order valence-electron chi connectivity index (χ4n) is 4.07. The Morgan fingerprint density at radius 2 is 1.74 bits per heavy atom. The Morgan fingerprint density at radius 3 is 2.43 bits per heavy atom. The van der Waals surface area contributed by atoms with E-state index in [0.29, 0.717) is 23.5 Å². The van der Waals surface area contributed by atoms with E-state index in [1.54, 1.807) is 55.5 Å². The highest BCUT2D eigenvalue weighted by Crippen LogP contribution is 2.43. The summed E-state index contributed by atoms with van der Waals surface area (Å²) >= 11 is 0. The predicted molar refractivity (Wildman–Crippen MR) is 129 cm³/mol. The summed E-state index contributed by atoms with van der Waals surface area (Å²) in [4.78, 5) is 27.5. The molecule has 5 nitrogen and oxygen atoms in total. The van der Waals surface area contributed by atoms with Crippen LogP contribution in [-0.4, -0.2) is 23.4 Å². The molecule has 1 aliphatic rings. The van der Waals surface area contributed by atoms with Crippen molar-refractivity contribution in [2.75, 3.05) is 11.5 Å². The quantitative estimate of drug-likeness (QED) is 0.271. The lowest BCUT2D eigenvalue weighted by molar-refractivity contribution is -0.132. The third-order valence-electron chi connectivity index (χ3n) is 5.80. The molecule has 1 aliphatic heterocycles. The fourth-order valence-corrected chi connectivity index (χ4v) is 4.07. The van der Waals surface area contributed by atoms with Gasteiger partial charge in [0.2, 0.25) is 0 Å². The number of hydrogen-bond donors (Lipinski definition) is 1. The summed E-state index contributed by atoms with van der Waals surface area (Å²) in [6, 6.07) is 15.7. The third-order valence-corrected chi connectivity index (χ3v) is 5.80. The van der Waals surface area contributed by atoms with Gasteiger partial charge < -0.3 is 9.84 Å². The van der Waals surface area contributed by atoms with Gasteiger partial charge in [0.05, 0.1) is 18.2 Å². The lowest BCUT2D eigenvalue weighted by Gasteiger charge is -2.26. The Bertz CT molecular complexity index is 1330. The highest BCUT2D eigenvalue weighted by Gasteiger charge is 2.47. The maximum Gasteiger partial charge on any atom is 0.300 e. The van der Waals surface area contributed by atoms with Crippen molar-refractivity contribution in [3.63, 3.8) is 0 Å². The highest BCUT2D eigenvalue weighted by atomic mass is 19.2. The minimum Gasteiger partial charge on any atom is -0.507 e. The Kier molecular flexibility index (Phi) is 6.69. The number of hydrogen-bond acceptors (Lipinski definition) is 4. The van der Waals surface area contributed by atoms with Crippen molar-refractivity contribution in [1.29, 1.82) is 0 Å². The summed E-state index contributed by atoms with van der Waals surface area (Å²) in [6.07, 6.45) is 0. The number of nitrogens with zero attached hydrogens (tertiary/aromatic N) is 1. The standard InChI is InChI=1S/C28H25F2NO4/c1-16(2)15-35-20-9-6-8-18(13-20)26(32)24-25(21-10-5-4-7-17(21)3)31(28(34)27(24)33)19-11-12-22(29)23(30)14-19/h4-14,16,25,32H,15H2,1-3H3/b26-24+. The first-order valence-electron chi connectivity index (χ1n) is 11.2. The van der Waals surface area contributed by atoms with Gasteiger partial charge in [-0.2, -0.15) is 0 Å². The molecule has 35 heavy (non-hydrogen) atoms. The molecular weight excluding hydrogens is 452 g/mol. The monoisotopic (exact) mass is 477 g/mol. The van der Waals surface area contributed by atoms with E-state index in [9.17, 15) is 23.5 Å². The molecule has 3 aromatic carbocycles. The Balaban J connectivity index is 1.89. The first kappa shape index (κ1) is 24.1. The third kappa shape index (κ3) is 4.67. The minimum absolute atomic E-state index is 0.00678.